The quantitative estimate of drug-likeness (QED) is 0.801. The summed E-state index contributed by atoms with van der Waals surface area (Å²) in [6.45, 7) is 6.09. The molecule has 2 heteroatoms. The minimum absolute atomic E-state index is 0.391. The lowest BCUT2D eigenvalue weighted by Crippen LogP contribution is -1.98. The molecule has 0 saturated heterocycles. The van der Waals surface area contributed by atoms with Crippen molar-refractivity contribution < 1.29 is 9.84 Å². The summed E-state index contributed by atoms with van der Waals surface area (Å²) in [7, 11) is 1.68. The van der Waals surface area contributed by atoms with Crippen LogP contribution in [-0.2, 0) is 12.8 Å². The number of phenols is 1. The number of methoxy groups -OCH3 is 1. The zero-order chi connectivity index (χ0) is 10.7. The average Bonchev–Trinajstić information content (AvgIpc) is 2.17. The third-order valence-electron chi connectivity index (χ3n) is 2.64. The van der Waals surface area contributed by atoms with E-state index in [1.54, 1.807) is 7.11 Å². The Morgan fingerprint density at radius 2 is 1.93 bits per heavy atom. The second-order valence-electron chi connectivity index (χ2n) is 3.40. The maximum absolute atomic E-state index is 9.77. The van der Waals surface area contributed by atoms with Gasteiger partial charge in [-0.15, -0.1) is 0 Å². The fourth-order valence-corrected chi connectivity index (χ4v) is 1.88. The Kier molecular flexibility index (Phi) is 3.39. The predicted octanol–water partition coefficient (Wildman–Crippen LogP) is 2.83. The molecule has 0 heterocycles. The van der Waals surface area contributed by atoms with Crippen molar-refractivity contribution in [3.63, 3.8) is 0 Å². The van der Waals surface area contributed by atoms with Crippen molar-refractivity contribution in [1.82, 2.24) is 0 Å². The van der Waals surface area contributed by atoms with Crippen LogP contribution in [0.3, 0.4) is 0 Å². The minimum atomic E-state index is 0.391. The molecule has 0 bridgehead atoms. The van der Waals surface area contributed by atoms with Crippen LogP contribution in [0, 0.1) is 6.92 Å². The van der Waals surface area contributed by atoms with Gasteiger partial charge in [0.05, 0.1) is 7.11 Å². The van der Waals surface area contributed by atoms with Crippen molar-refractivity contribution in [2.45, 2.75) is 33.6 Å². The van der Waals surface area contributed by atoms with Gasteiger partial charge >= 0.3 is 0 Å². The first-order valence-corrected chi connectivity index (χ1v) is 5.03. The van der Waals surface area contributed by atoms with Crippen LogP contribution in [0.15, 0.2) is 6.07 Å². The van der Waals surface area contributed by atoms with Crippen LogP contribution < -0.4 is 4.74 Å². The maximum atomic E-state index is 9.77. The van der Waals surface area contributed by atoms with E-state index in [-0.39, 0.29) is 0 Å². The van der Waals surface area contributed by atoms with Crippen molar-refractivity contribution in [3.05, 3.63) is 22.8 Å². The van der Waals surface area contributed by atoms with Gasteiger partial charge in [0.1, 0.15) is 11.5 Å². The number of aryl methyl sites for hydroxylation is 1. The van der Waals surface area contributed by atoms with E-state index in [1.807, 2.05) is 19.9 Å². The van der Waals surface area contributed by atoms with Crippen molar-refractivity contribution in [2.24, 2.45) is 0 Å². The monoisotopic (exact) mass is 194 g/mol. The normalized spacial score (nSPS) is 10.3. The van der Waals surface area contributed by atoms with Crippen molar-refractivity contribution in [2.75, 3.05) is 7.11 Å². The summed E-state index contributed by atoms with van der Waals surface area (Å²) in [5.74, 6) is 1.31. The molecule has 0 aliphatic rings. The van der Waals surface area contributed by atoms with E-state index in [4.69, 9.17) is 4.74 Å². The van der Waals surface area contributed by atoms with Crippen LogP contribution in [0.4, 0.5) is 0 Å². The van der Waals surface area contributed by atoms with Gasteiger partial charge in [0, 0.05) is 5.56 Å². The van der Waals surface area contributed by atoms with Gasteiger partial charge in [-0.05, 0) is 37.0 Å². The zero-order valence-electron chi connectivity index (χ0n) is 9.35. The maximum Gasteiger partial charge on any atom is 0.125 e. The molecule has 1 N–H and O–H groups in total. The Morgan fingerprint density at radius 3 is 2.36 bits per heavy atom. The molecule has 0 fully saturated rings. The summed E-state index contributed by atoms with van der Waals surface area (Å²) in [6.07, 6.45) is 1.71. The topological polar surface area (TPSA) is 29.5 Å². The number of benzene rings is 1. The van der Waals surface area contributed by atoms with Crippen LogP contribution in [0.25, 0.3) is 0 Å². The number of hydrogen-bond acceptors (Lipinski definition) is 2. The van der Waals surface area contributed by atoms with E-state index in [1.165, 1.54) is 0 Å². The summed E-state index contributed by atoms with van der Waals surface area (Å²) >= 11 is 0. The predicted molar refractivity (Wildman–Crippen MR) is 58.2 cm³/mol. The molecule has 0 radical (unpaired) electrons. The van der Waals surface area contributed by atoms with Gasteiger partial charge in [-0.1, -0.05) is 13.8 Å². The Balaban J connectivity index is 3.39. The molecule has 0 unspecified atom stereocenters. The molecular weight excluding hydrogens is 176 g/mol. The highest BCUT2D eigenvalue weighted by molar-refractivity contribution is 5.52. The average molecular weight is 194 g/mol. The Hall–Kier alpha value is -1.18. The summed E-state index contributed by atoms with van der Waals surface area (Å²) in [4.78, 5) is 0. The van der Waals surface area contributed by atoms with E-state index in [0.717, 1.165) is 35.3 Å². The number of phenolic OH excluding ortho intramolecular Hbond substituents is 1. The van der Waals surface area contributed by atoms with Crippen molar-refractivity contribution in [1.29, 1.82) is 0 Å². The number of rotatable bonds is 3. The van der Waals surface area contributed by atoms with Gasteiger partial charge in [0.25, 0.3) is 0 Å². The highest BCUT2D eigenvalue weighted by Crippen LogP contribution is 2.33. The molecule has 0 amide bonds. The van der Waals surface area contributed by atoms with E-state index in [9.17, 15) is 5.11 Å². The lowest BCUT2D eigenvalue weighted by molar-refractivity contribution is 0.402. The first-order valence-electron chi connectivity index (χ1n) is 5.03. The van der Waals surface area contributed by atoms with Gasteiger partial charge in [0.15, 0.2) is 0 Å². The van der Waals surface area contributed by atoms with Gasteiger partial charge in [0.2, 0.25) is 0 Å². The second kappa shape index (κ2) is 4.36. The molecular formula is C12H18O2. The highest BCUT2D eigenvalue weighted by Gasteiger charge is 2.12. The Labute approximate surface area is 85.5 Å². The van der Waals surface area contributed by atoms with Gasteiger partial charge in [-0.3, -0.25) is 0 Å². The lowest BCUT2D eigenvalue weighted by Gasteiger charge is -2.15. The van der Waals surface area contributed by atoms with Gasteiger partial charge in [-0.2, -0.15) is 0 Å². The minimum Gasteiger partial charge on any atom is -0.508 e. The fraction of sp³-hybridized carbons (Fsp3) is 0.500. The molecule has 0 saturated carbocycles. The van der Waals surface area contributed by atoms with E-state index in [0.29, 0.717) is 5.75 Å². The second-order valence-corrected chi connectivity index (χ2v) is 3.40. The first kappa shape index (κ1) is 10.9. The standard InChI is InChI=1S/C12H18O2/c1-5-9-7-11(13)10(6-2)8(3)12(9)14-4/h7,13H,5-6H2,1-4H3. The molecule has 0 atom stereocenters. The van der Waals surface area contributed by atoms with Crippen LogP contribution >= 0.6 is 0 Å². The molecule has 1 aromatic rings. The van der Waals surface area contributed by atoms with Crippen LogP contribution in [-0.4, -0.2) is 12.2 Å². The van der Waals surface area contributed by atoms with E-state index >= 15 is 0 Å². The summed E-state index contributed by atoms with van der Waals surface area (Å²) in [6, 6.07) is 1.81. The Bertz CT molecular complexity index is 330. The molecule has 0 aromatic heterocycles. The number of aromatic hydroxyl groups is 1. The van der Waals surface area contributed by atoms with Crippen LogP contribution in [0.5, 0.6) is 11.5 Å². The Morgan fingerprint density at radius 1 is 1.29 bits per heavy atom. The molecule has 2 nitrogen and oxygen atoms in total. The summed E-state index contributed by atoms with van der Waals surface area (Å²) in [5.41, 5.74) is 3.12. The SMILES string of the molecule is CCc1cc(O)c(CC)c(C)c1OC. The largest absolute Gasteiger partial charge is 0.508 e. The third-order valence-corrected chi connectivity index (χ3v) is 2.64. The van der Waals surface area contributed by atoms with Crippen molar-refractivity contribution >= 4 is 0 Å². The van der Waals surface area contributed by atoms with Crippen LogP contribution in [0.2, 0.25) is 0 Å². The van der Waals surface area contributed by atoms with E-state index < -0.39 is 0 Å². The smallest absolute Gasteiger partial charge is 0.125 e. The molecule has 1 rings (SSSR count). The first-order chi connectivity index (χ1) is 6.65. The molecule has 78 valence electrons. The summed E-state index contributed by atoms with van der Waals surface area (Å²) < 4.78 is 5.35. The molecule has 1 aromatic carbocycles. The lowest BCUT2D eigenvalue weighted by atomic mass is 9.99. The molecule has 0 aliphatic heterocycles. The van der Waals surface area contributed by atoms with Crippen LogP contribution in [0.1, 0.15) is 30.5 Å². The van der Waals surface area contributed by atoms with Gasteiger partial charge < -0.3 is 9.84 Å². The fourth-order valence-electron chi connectivity index (χ4n) is 1.88. The molecule has 14 heavy (non-hydrogen) atoms. The zero-order valence-corrected chi connectivity index (χ0v) is 9.35. The highest BCUT2D eigenvalue weighted by atomic mass is 16.5. The molecule has 0 spiro atoms. The van der Waals surface area contributed by atoms with Crippen molar-refractivity contribution in [3.8, 4) is 11.5 Å². The van der Waals surface area contributed by atoms with E-state index in [2.05, 4.69) is 6.92 Å². The number of hydrogen-bond donors (Lipinski definition) is 1. The molecule has 0 aliphatic carbocycles. The third kappa shape index (κ3) is 1.69. The van der Waals surface area contributed by atoms with Gasteiger partial charge in [-0.25, -0.2) is 0 Å². The number of ether oxygens (including phenoxy) is 1. The summed E-state index contributed by atoms with van der Waals surface area (Å²) in [5, 5.41) is 9.77.